The molecule has 0 atom stereocenters. The van der Waals surface area contributed by atoms with Crippen molar-refractivity contribution in [3.63, 3.8) is 0 Å². The second-order valence-corrected chi connectivity index (χ2v) is 6.13. The number of non-ortho nitro benzene ring substituents is 1. The molecular formula is C19H23N3O6. The minimum Gasteiger partial charge on any atom is -0.494 e. The Morgan fingerprint density at radius 2 is 1.54 bits per heavy atom. The average molecular weight is 389 g/mol. The van der Waals surface area contributed by atoms with E-state index in [1.54, 1.807) is 24.1 Å². The molecule has 0 unspecified atom stereocenters. The van der Waals surface area contributed by atoms with Crippen LogP contribution >= 0.6 is 0 Å². The molecular weight excluding hydrogens is 366 g/mol. The van der Waals surface area contributed by atoms with Gasteiger partial charge in [0.25, 0.3) is 11.4 Å². The molecule has 2 rings (SSSR count). The second kappa shape index (κ2) is 10.1. The van der Waals surface area contributed by atoms with Crippen molar-refractivity contribution in [2.45, 2.75) is 19.8 Å². The lowest BCUT2D eigenvalue weighted by molar-refractivity contribution is -0.393. The number of rotatable bonds is 11. The molecule has 0 aliphatic carbocycles. The van der Waals surface area contributed by atoms with Crippen molar-refractivity contribution in [3.8, 4) is 11.5 Å². The van der Waals surface area contributed by atoms with Crippen molar-refractivity contribution in [2.75, 3.05) is 31.7 Å². The third-order valence-electron chi connectivity index (χ3n) is 4.06. The molecule has 0 amide bonds. The van der Waals surface area contributed by atoms with Gasteiger partial charge in [-0.3, -0.25) is 20.2 Å². The largest absolute Gasteiger partial charge is 0.494 e. The number of likely N-dealkylation sites (N-methyl/N-ethyl adjacent to an activating group) is 1. The number of hydrogen-bond donors (Lipinski definition) is 0. The summed E-state index contributed by atoms with van der Waals surface area (Å²) in [5.74, 6) is 1.44. The minimum absolute atomic E-state index is 0.291. The Morgan fingerprint density at radius 1 is 0.929 bits per heavy atom. The predicted molar refractivity (Wildman–Crippen MR) is 105 cm³/mol. The van der Waals surface area contributed by atoms with Crippen LogP contribution in [0.5, 0.6) is 11.5 Å². The number of nitro groups is 2. The van der Waals surface area contributed by atoms with Crippen LogP contribution in [0.2, 0.25) is 0 Å². The fraction of sp³-hybridized carbons (Fsp3) is 0.368. The molecule has 0 aromatic heterocycles. The first kappa shape index (κ1) is 20.9. The molecule has 0 saturated carbocycles. The first-order valence-electron chi connectivity index (χ1n) is 8.92. The van der Waals surface area contributed by atoms with Gasteiger partial charge in [0.1, 0.15) is 23.8 Å². The molecule has 2 aromatic rings. The number of anilines is 1. The number of nitro benzene ring substituents is 2. The highest BCUT2D eigenvalue weighted by Crippen LogP contribution is 2.31. The van der Waals surface area contributed by atoms with Crippen LogP contribution in [-0.4, -0.2) is 36.7 Å². The zero-order valence-electron chi connectivity index (χ0n) is 15.9. The van der Waals surface area contributed by atoms with Crippen molar-refractivity contribution in [3.05, 3.63) is 62.7 Å². The van der Waals surface area contributed by atoms with Crippen LogP contribution in [0.4, 0.5) is 17.1 Å². The predicted octanol–water partition coefficient (Wildman–Crippen LogP) is 4.20. The Bertz CT molecular complexity index is 810. The Balaban J connectivity index is 1.92. The maximum absolute atomic E-state index is 11.2. The summed E-state index contributed by atoms with van der Waals surface area (Å²) < 4.78 is 11.3. The van der Waals surface area contributed by atoms with Gasteiger partial charge in [0, 0.05) is 13.1 Å². The van der Waals surface area contributed by atoms with Crippen LogP contribution in [0, 0.1) is 20.2 Å². The number of hydrogen-bond acceptors (Lipinski definition) is 7. The highest BCUT2D eigenvalue weighted by molar-refractivity contribution is 5.66. The molecule has 0 heterocycles. The zero-order chi connectivity index (χ0) is 20.5. The van der Waals surface area contributed by atoms with E-state index in [9.17, 15) is 20.2 Å². The maximum Gasteiger partial charge on any atom is 0.299 e. The fourth-order valence-electron chi connectivity index (χ4n) is 2.48. The van der Waals surface area contributed by atoms with E-state index in [4.69, 9.17) is 9.47 Å². The van der Waals surface area contributed by atoms with Crippen molar-refractivity contribution in [1.82, 2.24) is 0 Å². The molecule has 9 nitrogen and oxygen atoms in total. The summed E-state index contributed by atoms with van der Waals surface area (Å²) in [6.45, 7) is 3.44. The van der Waals surface area contributed by atoms with E-state index in [0.717, 1.165) is 24.7 Å². The number of benzene rings is 2. The van der Waals surface area contributed by atoms with Gasteiger partial charge in [-0.05, 0) is 36.8 Å². The van der Waals surface area contributed by atoms with Crippen LogP contribution in [0.1, 0.15) is 19.8 Å². The first-order chi connectivity index (χ1) is 13.4. The Labute approximate surface area is 162 Å². The van der Waals surface area contributed by atoms with E-state index >= 15 is 0 Å². The molecule has 0 fully saturated rings. The summed E-state index contributed by atoms with van der Waals surface area (Å²) in [6.07, 6.45) is 2.07. The second-order valence-electron chi connectivity index (χ2n) is 6.13. The third kappa shape index (κ3) is 5.83. The van der Waals surface area contributed by atoms with Gasteiger partial charge >= 0.3 is 0 Å². The minimum atomic E-state index is -0.657. The van der Waals surface area contributed by atoms with Gasteiger partial charge in [0.05, 0.1) is 29.1 Å². The van der Waals surface area contributed by atoms with Crippen molar-refractivity contribution >= 4 is 17.1 Å². The van der Waals surface area contributed by atoms with Crippen LogP contribution in [-0.2, 0) is 0 Å². The molecule has 0 aliphatic rings. The zero-order valence-corrected chi connectivity index (χ0v) is 15.9. The molecule has 28 heavy (non-hydrogen) atoms. The molecule has 0 radical (unpaired) electrons. The summed E-state index contributed by atoms with van der Waals surface area (Å²) in [4.78, 5) is 22.4. The first-order valence-corrected chi connectivity index (χ1v) is 8.92. The van der Waals surface area contributed by atoms with E-state index in [1.165, 1.54) is 12.1 Å². The molecule has 9 heteroatoms. The fourth-order valence-corrected chi connectivity index (χ4v) is 2.48. The van der Waals surface area contributed by atoms with Gasteiger partial charge in [-0.15, -0.1) is 0 Å². The maximum atomic E-state index is 11.2. The van der Waals surface area contributed by atoms with Gasteiger partial charge in [0.2, 0.25) is 0 Å². The molecule has 0 aliphatic heterocycles. The van der Waals surface area contributed by atoms with Crippen molar-refractivity contribution < 1.29 is 19.3 Å². The number of ether oxygens (including phenoxy) is 2. The number of unbranched alkanes of at least 4 members (excludes halogenated alkanes) is 1. The summed E-state index contributed by atoms with van der Waals surface area (Å²) in [5, 5.41) is 22.1. The van der Waals surface area contributed by atoms with Crippen molar-refractivity contribution in [2.24, 2.45) is 0 Å². The third-order valence-corrected chi connectivity index (χ3v) is 4.06. The van der Waals surface area contributed by atoms with Gasteiger partial charge in [0.15, 0.2) is 0 Å². The standard InChI is InChI=1S/C19H23N3O6/c1-3-4-12-27-16-6-8-17(9-7-16)28-13-11-20(2)18-10-5-15(21(23)24)14-19(18)22(25)26/h5-10,14H,3-4,11-13H2,1-2H3. The molecule has 0 spiro atoms. The van der Waals surface area contributed by atoms with Crippen LogP contribution < -0.4 is 14.4 Å². The lowest BCUT2D eigenvalue weighted by atomic mass is 10.2. The van der Waals surface area contributed by atoms with E-state index in [0.29, 0.717) is 31.2 Å². The highest BCUT2D eigenvalue weighted by Gasteiger charge is 2.21. The monoisotopic (exact) mass is 389 g/mol. The molecule has 0 bridgehead atoms. The normalized spacial score (nSPS) is 10.4. The topological polar surface area (TPSA) is 108 Å². The van der Waals surface area contributed by atoms with Crippen LogP contribution in [0.15, 0.2) is 42.5 Å². The van der Waals surface area contributed by atoms with Crippen LogP contribution in [0.3, 0.4) is 0 Å². The quantitative estimate of drug-likeness (QED) is 0.322. The SMILES string of the molecule is CCCCOc1ccc(OCCN(C)c2ccc([N+](=O)[O-])cc2[N+](=O)[O-])cc1. The van der Waals surface area contributed by atoms with E-state index in [-0.39, 0.29) is 11.4 Å². The van der Waals surface area contributed by atoms with E-state index in [2.05, 4.69) is 6.92 Å². The van der Waals surface area contributed by atoms with Gasteiger partial charge in [-0.1, -0.05) is 13.3 Å². The van der Waals surface area contributed by atoms with Gasteiger partial charge < -0.3 is 14.4 Å². The molecule has 150 valence electrons. The van der Waals surface area contributed by atoms with E-state index < -0.39 is 9.85 Å². The summed E-state index contributed by atoms with van der Waals surface area (Å²) >= 11 is 0. The van der Waals surface area contributed by atoms with Crippen molar-refractivity contribution in [1.29, 1.82) is 0 Å². The highest BCUT2D eigenvalue weighted by atomic mass is 16.6. The Hall–Kier alpha value is -3.36. The average Bonchev–Trinajstić information content (AvgIpc) is 2.68. The smallest absolute Gasteiger partial charge is 0.299 e. The van der Waals surface area contributed by atoms with Gasteiger partial charge in [-0.2, -0.15) is 0 Å². The summed E-state index contributed by atoms with van der Waals surface area (Å²) in [6, 6.07) is 10.8. The number of nitrogens with zero attached hydrogens (tertiary/aromatic N) is 3. The Kier molecular flexibility index (Phi) is 7.55. The van der Waals surface area contributed by atoms with Gasteiger partial charge in [-0.25, -0.2) is 0 Å². The molecule has 0 saturated heterocycles. The molecule has 2 aromatic carbocycles. The lowest BCUT2D eigenvalue weighted by Gasteiger charge is -2.19. The summed E-state index contributed by atoms with van der Waals surface area (Å²) in [7, 11) is 1.67. The molecule has 0 N–H and O–H groups in total. The van der Waals surface area contributed by atoms with Crippen LogP contribution in [0.25, 0.3) is 0 Å². The van der Waals surface area contributed by atoms with E-state index in [1.807, 2.05) is 12.1 Å². The summed E-state index contributed by atoms with van der Waals surface area (Å²) in [5.41, 5.74) is -0.342. The Morgan fingerprint density at radius 3 is 2.07 bits per heavy atom. The lowest BCUT2D eigenvalue weighted by Crippen LogP contribution is -2.24.